The Kier molecular flexibility index (Phi) is 6.98. The lowest BCUT2D eigenvalue weighted by molar-refractivity contribution is -0.138. The fraction of sp³-hybridized carbons (Fsp3) is 0.526. The van der Waals surface area contributed by atoms with E-state index in [0.29, 0.717) is 43.9 Å². The van der Waals surface area contributed by atoms with Gasteiger partial charge in [0.2, 0.25) is 5.91 Å². The molecule has 1 aromatic rings. The minimum Gasteiger partial charge on any atom is -0.494 e. The summed E-state index contributed by atoms with van der Waals surface area (Å²) in [5.74, 6) is 0.130. The Morgan fingerprint density at radius 2 is 1.96 bits per heavy atom. The van der Waals surface area contributed by atoms with Crippen LogP contribution >= 0.6 is 0 Å². The number of aliphatic carboxylic acids is 1. The van der Waals surface area contributed by atoms with Gasteiger partial charge in [0, 0.05) is 31.5 Å². The van der Waals surface area contributed by atoms with Crippen LogP contribution in [0, 0.1) is 5.92 Å². The zero-order valence-corrected chi connectivity index (χ0v) is 14.6. The Balaban J connectivity index is 1.67. The van der Waals surface area contributed by atoms with E-state index in [9.17, 15) is 14.4 Å². The van der Waals surface area contributed by atoms with Crippen LogP contribution in [0.2, 0.25) is 0 Å². The molecule has 0 radical (unpaired) electrons. The highest BCUT2D eigenvalue weighted by Crippen LogP contribution is 2.21. The average Bonchev–Trinajstić information content (AvgIpc) is 2.59. The van der Waals surface area contributed by atoms with Gasteiger partial charge in [0.05, 0.1) is 6.61 Å². The van der Waals surface area contributed by atoms with Crippen molar-refractivity contribution in [1.29, 1.82) is 0 Å². The summed E-state index contributed by atoms with van der Waals surface area (Å²) in [6.45, 7) is 3.20. The molecule has 0 atom stereocenters. The Hall–Kier alpha value is -2.37. The molecule has 0 spiro atoms. The predicted molar refractivity (Wildman–Crippen MR) is 92.7 cm³/mol. The van der Waals surface area contributed by atoms with Gasteiger partial charge in [0.1, 0.15) is 5.75 Å². The molecule has 0 unspecified atom stereocenters. The van der Waals surface area contributed by atoms with Gasteiger partial charge in [0.25, 0.3) is 0 Å². The number of carboxylic acid groups (broad SMARTS) is 1. The number of likely N-dealkylation sites (tertiary alicyclic amines) is 1. The quantitative estimate of drug-likeness (QED) is 0.577. The molecule has 25 heavy (non-hydrogen) atoms. The SMILES string of the molecule is CC(=O)c1cccc(OCCCC(=O)N2CCC(CC(=O)O)CC2)c1. The van der Waals surface area contributed by atoms with Crippen LogP contribution in [0.3, 0.4) is 0 Å². The van der Waals surface area contributed by atoms with Gasteiger partial charge in [-0.05, 0) is 44.2 Å². The zero-order valence-electron chi connectivity index (χ0n) is 14.6. The molecule has 0 bridgehead atoms. The molecule has 1 N–H and O–H groups in total. The van der Waals surface area contributed by atoms with Gasteiger partial charge < -0.3 is 14.7 Å². The molecule has 1 fully saturated rings. The zero-order chi connectivity index (χ0) is 18.2. The number of benzene rings is 1. The molecular formula is C19H25NO5. The minimum absolute atomic E-state index is 0.00747. The van der Waals surface area contributed by atoms with E-state index < -0.39 is 5.97 Å². The summed E-state index contributed by atoms with van der Waals surface area (Å²) in [6.07, 6.45) is 2.72. The number of carbonyl (C=O) groups excluding carboxylic acids is 2. The summed E-state index contributed by atoms with van der Waals surface area (Å²) < 4.78 is 5.61. The van der Waals surface area contributed by atoms with Crippen LogP contribution in [0.15, 0.2) is 24.3 Å². The first-order valence-electron chi connectivity index (χ1n) is 8.69. The smallest absolute Gasteiger partial charge is 0.303 e. The highest BCUT2D eigenvalue weighted by Gasteiger charge is 2.23. The second-order valence-corrected chi connectivity index (χ2v) is 6.46. The van der Waals surface area contributed by atoms with E-state index in [0.717, 1.165) is 12.8 Å². The maximum atomic E-state index is 12.2. The van der Waals surface area contributed by atoms with Crippen LogP contribution in [0.1, 0.15) is 49.4 Å². The number of nitrogens with zero attached hydrogens (tertiary/aromatic N) is 1. The number of piperidine rings is 1. The van der Waals surface area contributed by atoms with Crippen LogP contribution in [0.5, 0.6) is 5.75 Å². The fourth-order valence-corrected chi connectivity index (χ4v) is 3.01. The van der Waals surface area contributed by atoms with E-state index in [1.165, 1.54) is 6.92 Å². The van der Waals surface area contributed by atoms with Crippen LogP contribution in [0.4, 0.5) is 0 Å². The molecule has 2 rings (SSSR count). The van der Waals surface area contributed by atoms with Crippen molar-refractivity contribution in [3.63, 3.8) is 0 Å². The Bertz CT molecular complexity index is 620. The van der Waals surface area contributed by atoms with Crippen molar-refractivity contribution in [3.05, 3.63) is 29.8 Å². The lowest BCUT2D eigenvalue weighted by Gasteiger charge is -2.31. The first-order chi connectivity index (χ1) is 12.0. The molecule has 1 amide bonds. The lowest BCUT2D eigenvalue weighted by Crippen LogP contribution is -2.38. The largest absolute Gasteiger partial charge is 0.494 e. The maximum absolute atomic E-state index is 12.2. The molecule has 0 aromatic heterocycles. The normalized spacial score (nSPS) is 15.0. The van der Waals surface area contributed by atoms with Gasteiger partial charge in [-0.3, -0.25) is 14.4 Å². The van der Waals surface area contributed by atoms with Crippen molar-refractivity contribution < 1.29 is 24.2 Å². The third-order valence-electron chi connectivity index (χ3n) is 4.47. The van der Waals surface area contributed by atoms with Gasteiger partial charge in [0.15, 0.2) is 5.78 Å². The number of ether oxygens (including phenoxy) is 1. The molecule has 1 aliphatic rings. The summed E-state index contributed by atoms with van der Waals surface area (Å²) in [5, 5.41) is 8.81. The van der Waals surface area contributed by atoms with Crippen molar-refractivity contribution in [2.24, 2.45) is 5.92 Å². The summed E-state index contributed by atoms with van der Waals surface area (Å²) in [6, 6.07) is 7.02. The topological polar surface area (TPSA) is 83.9 Å². The van der Waals surface area contributed by atoms with Gasteiger partial charge in [-0.1, -0.05) is 12.1 Å². The van der Waals surface area contributed by atoms with Crippen molar-refractivity contribution in [2.75, 3.05) is 19.7 Å². The number of hydrogen-bond donors (Lipinski definition) is 1. The second-order valence-electron chi connectivity index (χ2n) is 6.46. The van der Waals surface area contributed by atoms with E-state index in [4.69, 9.17) is 9.84 Å². The van der Waals surface area contributed by atoms with Gasteiger partial charge in [-0.25, -0.2) is 0 Å². The molecule has 6 nitrogen and oxygen atoms in total. The van der Waals surface area contributed by atoms with E-state index in [2.05, 4.69) is 0 Å². The van der Waals surface area contributed by atoms with Gasteiger partial charge in [-0.15, -0.1) is 0 Å². The maximum Gasteiger partial charge on any atom is 0.303 e. The number of carbonyl (C=O) groups is 3. The number of carboxylic acids is 1. The lowest BCUT2D eigenvalue weighted by atomic mass is 9.93. The van der Waals surface area contributed by atoms with Crippen LogP contribution in [0.25, 0.3) is 0 Å². The van der Waals surface area contributed by atoms with E-state index in [1.807, 2.05) is 4.90 Å². The third kappa shape index (κ3) is 6.21. The van der Waals surface area contributed by atoms with E-state index >= 15 is 0 Å². The molecule has 1 aliphatic heterocycles. The Morgan fingerprint density at radius 3 is 2.60 bits per heavy atom. The Morgan fingerprint density at radius 1 is 1.24 bits per heavy atom. The van der Waals surface area contributed by atoms with Crippen molar-refractivity contribution in [3.8, 4) is 5.75 Å². The predicted octanol–water partition coefficient (Wildman–Crippen LogP) is 2.76. The van der Waals surface area contributed by atoms with Crippen LogP contribution in [-0.4, -0.2) is 47.4 Å². The number of hydrogen-bond acceptors (Lipinski definition) is 4. The van der Waals surface area contributed by atoms with Gasteiger partial charge in [-0.2, -0.15) is 0 Å². The first kappa shape index (κ1) is 19.0. The number of ketones is 1. The highest BCUT2D eigenvalue weighted by molar-refractivity contribution is 5.94. The highest BCUT2D eigenvalue weighted by atomic mass is 16.5. The van der Waals surface area contributed by atoms with Crippen molar-refractivity contribution in [1.82, 2.24) is 4.90 Å². The molecule has 0 aliphatic carbocycles. The Labute approximate surface area is 147 Å². The van der Waals surface area contributed by atoms with E-state index in [1.54, 1.807) is 24.3 Å². The number of rotatable bonds is 8. The molecule has 0 saturated carbocycles. The summed E-state index contributed by atoms with van der Waals surface area (Å²) in [7, 11) is 0. The molecule has 1 aromatic carbocycles. The molecule has 1 heterocycles. The monoisotopic (exact) mass is 347 g/mol. The standard InChI is InChI=1S/C19H25NO5/c1-14(21)16-4-2-5-17(13-16)25-11-3-6-18(22)20-9-7-15(8-10-20)12-19(23)24/h2,4-5,13,15H,3,6-12H2,1H3,(H,23,24). The molecule has 1 saturated heterocycles. The summed E-state index contributed by atoms with van der Waals surface area (Å²) in [4.78, 5) is 36.1. The molecule has 136 valence electrons. The van der Waals surface area contributed by atoms with Crippen LogP contribution in [-0.2, 0) is 9.59 Å². The fourth-order valence-electron chi connectivity index (χ4n) is 3.01. The number of amides is 1. The summed E-state index contributed by atoms with van der Waals surface area (Å²) in [5.41, 5.74) is 0.609. The minimum atomic E-state index is -0.768. The van der Waals surface area contributed by atoms with Crippen LogP contribution < -0.4 is 4.74 Å². The number of Topliss-reactive ketones (excluding diaryl/α,β-unsaturated/α-hetero) is 1. The summed E-state index contributed by atoms with van der Waals surface area (Å²) >= 11 is 0. The van der Waals surface area contributed by atoms with Crippen molar-refractivity contribution in [2.45, 2.75) is 39.0 Å². The van der Waals surface area contributed by atoms with E-state index in [-0.39, 0.29) is 24.0 Å². The van der Waals surface area contributed by atoms with Crippen molar-refractivity contribution >= 4 is 17.7 Å². The average molecular weight is 347 g/mol. The third-order valence-corrected chi connectivity index (χ3v) is 4.47. The molecular weight excluding hydrogens is 322 g/mol. The van der Waals surface area contributed by atoms with Gasteiger partial charge >= 0.3 is 5.97 Å². The first-order valence-corrected chi connectivity index (χ1v) is 8.69. The molecule has 6 heteroatoms. The second kappa shape index (κ2) is 9.20.